The fourth-order valence-electron chi connectivity index (χ4n) is 1.51. The molecule has 0 bridgehead atoms. The molecular formula is C15H20N2O4. The predicted molar refractivity (Wildman–Crippen MR) is 78.3 cm³/mol. The van der Waals surface area contributed by atoms with Crippen molar-refractivity contribution in [3.8, 4) is 0 Å². The molecule has 0 spiro atoms. The highest BCUT2D eigenvalue weighted by atomic mass is 16.5. The van der Waals surface area contributed by atoms with Crippen molar-refractivity contribution in [2.45, 2.75) is 27.4 Å². The van der Waals surface area contributed by atoms with Crippen LogP contribution in [0.1, 0.15) is 26.5 Å². The lowest BCUT2D eigenvalue weighted by Gasteiger charge is -2.09. The average molecular weight is 292 g/mol. The van der Waals surface area contributed by atoms with Gasteiger partial charge in [0.1, 0.15) is 5.57 Å². The lowest BCUT2D eigenvalue weighted by molar-refractivity contribution is -0.140. The summed E-state index contributed by atoms with van der Waals surface area (Å²) in [7, 11) is 0. The van der Waals surface area contributed by atoms with Gasteiger partial charge in [-0.3, -0.25) is 9.78 Å². The van der Waals surface area contributed by atoms with E-state index in [4.69, 9.17) is 9.84 Å². The normalized spacial score (nSPS) is 11.4. The number of anilines is 1. The standard InChI is InChI=1S/C15H20N2O4/c1-4-21-15(20)13(14(19)10(2)3)8-17-11-5-6-12(9-18)16-7-11/h5-8,10,17-18H,4,9H2,1-3H3. The number of carbonyl (C=O) groups is 2. The molecule has 0 saturated carbocycles. The smallest absolute Gasteiger partial charge is 0.343 e. The summed E-state index contributed by atoms with van der Waals surface area (Å²) in [6, 6.07) is 3.34. The molecule has 0 aromatic carbocycles. The van der Waals surface area contributed by atoms with Gasteiger partial charge in [0.25, 0.3) is 0 Å². The maximum absolute atomic E-state index is 12.0. The van der Waals surface area contributed by atoms with Crippen LogP contribution in [-0.2, 0) is 20.9 Å². The first-order valence-corrected chi connectivity index (χ1v) is 6.73. The highest BCUT2D eigenvalue weighted by Crippen LogP contribution is 2.11. The van der Waals surface area contributed by atoms with Crippen molar-refractivity contribution >= 4 is 17.4 Å². The molecule has 2 N–H and O–H groups in total. The van der Waals surface area contributed by atoms with E-state index in [-0.39, 0.29) is 30.5 Å². The van der Waals surface area contributed by atoms with Crippen LogP contribution in [-0.4, -0.2) is 28.4 Å². The summed E-state index contributed by atoms with van der Waals surface area (Å²) >= 11 is 0. The third-order valence-corrected chi connectivity index (χ3v) is 2.66. The summed E-state index contributed by atoms with van der Waals surface area (Å²) in [5.41, 5.74) is 1.11. The molecule has 0 radical (unpaired) electrons. The van der Waals surface area contributed by atoms with Crippen LogP contribution in [0.15, 0.2) is 30.1 Å². The van der Waals surface area contributed by atoms with E-state index >= 15 is 0 Å². The fourth-order valence-corrected chi connectivity index (χ4v) is 1.51. The summed E-state index contributed by atoms with van der Waals surface area (Å²) in [5.74, 6) is -1.25. The van der Waals surface area contributed by atoms with Crippen LogP contribution in [0.4, 0.5) is 5.69 Å². The molecule has 0 aliphatic heterocycles. The van der Waals surface area contributed by atoms with Crippen molar-refractivity contribution < 1.29 is 19.4 Å². The molecule has 0 aliphatic rings. The molecule has 1 heterocycles. The predicted octanol–water partition coefficient (Wildman–Crippen LogP) is 1.66. The number of hydrogen-bond acceptors (Lipinski definition) is 6. The first kappa shape index (κ1) is 16.8. The van der Waals surface area contributed by atoms with E-state index in [9.17, 15) is 9.59 Å². The van der Waals surface area contributed by atoms with E-state index in [0.29, 0.717) is 11.4 Å². The van der Waals surface area contributed by atoms with Gasteiger partial charge in [-0.1, -0.05) is 13.8 Å². The zero-order valence-electron chi connectivity index (χ0n) is 12.4. The van der Waals surface area contributed by atoms with E-state index in [2.05, 4.69) is 10.3 Å². The Morgan fingerprint density at radius 2 is 2.14 bits per heavy atom. The lowest BCUT2D eigenvalue weighted by Crippen LogP contribution is -2.21. The number of nitrogens with zero attached hydrogens (tertiary/aromatic N) is 1. The molecule has 1 aromatic rings. The number of aromatic nitrogens is 1. The summed E-state index contributed by atoms with van der Waals surface area (Å²) < 4.78 is 4.88. The number of hydrogen-bond donors (Lipinski definition) is 2. The molecule has 6 nitrogen and oxygen atoms in total. The van der Waals surface area contributed by atoms with Crippen LogP contribution < -0.4 is 5.32 Å². The number of pyridine rings is 1. The molecule has 114 valence electrons. The zero-order valence-corrected chi connectivity index (χ0v) is 12.4. The second kappa shape index (κ2) is 8.16. The van der Waals surface area contributed by atoms with Gasteiger partial charge in [0, 0.05) is 12.1 Å². The van der Waals surface area contributed by atoms with Gasteiger partial charge in [0.05, 0.1) is 30.8 Å². The molecular weight excluding hydrogens is 272 g/mol. The van der Waals surface area contributed by atoms with Crippen LogP contribution in [0.3, 0.4) is 0 Å². The maximum atomic E-state index is 12.0. The number of nitrogens with one attached hydrogen (secondary N) is 1. The molecule has 0 atom stereocenters. The second-order valence-electron chi connectivity index (χ2n) is 4.64. The molecule has 0 saturated heterocycles. The van der Waals surface area contributed by atoms with Gasteiger partial charge < -0.3 is 15.2 Å². The largest absolute Gasteiger partial charge is 0.462 e. The Labute approximate surface area is 123 Å². The van der Waals surface area contributed by atoms with Crippen LogP contribution >= 0.6 is 0 Å². The van der Waals surface area contributed by atoms with Gasteiger partial charge in [-0.15, -0.1) is 0 Å². The van der Waals surface area contributed by atoms with Crippen LogP contribution in [0.2, 0.25) is 0 Å². The Bertz CT molecular complexity index is 521. The SMILES string of the molecule is CCOC(=O)C(=CNc1ccc(CO)nc1)C(=O)C(C)C. The second-order valence-corrected chi connectivity index (χ2v) is 4.64. The van der Waals surface area contributed by atoms with E-state index in [1.807, 2.05) is 0 Å². The zero-order chi connectivity index (χ0) is 15.8. The fraction of sp³-hybridized carbons (Fsp3) is 0.400. The maximum Gasteiger partial charge on any atom is 0.343 e. The Morgan fingerprint density at radius 3 is 2.62 bits per heavy atom. The number of ether oxygens (including phenoxy) is 1. The first-order chi connectivity index (χ1) is 9.99. The van der Waals surface area contributed by atoms with E-state index in [1.54, 1.807) is 32.9 Å². The molecule has 1 aromatic heterocycles. The van der Waals surface area contributed by atoms with Gasteiger partial charge in [-0.25, -0.2) is 4.79 Å². The Balaban J connectivity index is 2.91. The van der Waals surface area contributed by atoms with E-state index in [1.165, 1.54) is 12.4 Å². The number of rotatable bonds is 7. The van der Waals surface area contributed by atoms with Crippen molar-refractivity contribution in [3.05, 3.63) is 35.8 Å². The highest BCUT2D eigenvalue weighted by molar-refractivity contribution is 6.18. The molecule has 0 fully saturated rings. The minimum absolute atomic E-state index is 0.0296. The average Bonchev–Trinajstić information content (AvgIpc) is 2.48. The monoisotopic (exact) mass is 292 g/mol. The topological polar surface area (TPSA) is 88.5 Å². The van der Waals surface area contributed by atoms with Gasteiger partial charge in [0.15, 0.2) is 5.78 Å². The van der Waals surface area contributed by atoms with Crippen molar-refractivity contribution in [1.82, 2.24) is 4.98 Å². The number of aliphatic hydroxyl groups is 1. The minimum Gasteiger partial charge on any atom is -0.462 e. The Morgan fingerprint density at radius 1 is 1.43 bits per heavy atom. The summed E-state index contributed by atoms with van der Waals surface area (Å²) in [6.07, 6.45) is 2.83. The third kappa shape index (κ3) is 5.00. The number of aliphatic hydroxyl groups excluding tert-OH is 1. The molecule has 6 heteroatoms. The highest BCUT2D eigenvalue weighted by Gasteiger charge is 2.22. The molecule has 1 rings (SSSR count). The number of ketones is 1. The van der Waals surface area contributed by atoms with Gasteiger partial charge in [-0.2, -0.15) is 0 Å². The quantitative estimate of drug-likeness (QED) is 0.344. The number of carbonyl (C=O) groups excluding carboxylic acids is 2. The number of Topliss-reactive ketones (excluding diaryl/α,β-unsaturated/α-hetero) is 1. The van der Waals surface area contributed by atoms with Crippen molar-refractivity contribution in [3.63, 3.8) is 0 Å². The summed E-state index contributed by atoms with van der Waals surface area (Å²) in [5, 5.41) is 11.8. The summed E-state index contributed by atoms with van der Waals surface area (Å²) in [4.78, 5) is 27.8. The van der Waals surface area contributed by atoms with Gasteiger partial charge >= 0.3 is 5.97 Å². The van der Waals surface area contributed by atoms with E-state index in [0.717, 1.165) is 0 Å². The van der Waals surface area contributed by atoms with Crippen molar-refractivity contribution in [2.75, 3.05) is 11.9 Å². The van der Waals surface area contributed by atoms with Gasteiger partial charge in [-0.05, 0) is 19.1 Å². The number of esters is 1. The first-order valence-electron chi connectivity index (χ1n) is 6.73. The molecule has 0 aliphatic carbocycles. The van der Waals surface area contributed by atoms with E-state index < -0.39 is 5.97 Å². The third-order valence-electron chi connectivity index (χ3n) is 2.66. The van der Waals surface area contributed by atoms with Crippen LogP contribution in [0.25, 0.3) is 0 Å². The lowest BCUT2D eigenvalue weighted by atomic mass is 10.0. The van der Waals surface area contributed by atoms with Crippen molar-refractivity contribution in [2.24, 2.45) is 5.92 Å². The van der Waals surface area contributed by atoms with Gasteiger partial charge in [0.2, 0.25) is 0 Å². The summed E-state index contributed by atoms with van der Waals surface area (Å²) in [6.45, 7) is 5.17. The Kier molecular flexibility index (Phi) is 6.55. The minimum atomic E-state index is -0.649. The van der Waals surface area contributed by atoms with Crippen molar-refractivity contribution in [1.29, 1.82) is 0 Å². The molecule has 0 unspecified atom stereocenters. The Hall–Kier alpha value is -2.21. The molecule has 21 heavy (non-hydrogen) atoms. The van der Waals surface area contributed by atoms with Crippen LogP contribution in [0.5, 0.6) is 0 Å². The van der Waals surface area contributed by atoms with Crippen LogP contribution in [0, 0.1) is 5.92 Å². The molecule has 0 amide bonds.